The number of aliphatic hydroxyl groups is 1. The number of hydrogen-bond donors (Lipinski definition) is 2. The van der Waals surface area contributed by atoms with Crippen LogP contribution in [0.15, 0.2) is 22.7 Å². The normalized spacial score (nSPS) is 22.7. The second-order valence-electron chi connectivity index (χ2n) is 5.25. The number of benzene rings is 1. The second kappa shape index (κ2) is 7.15. The fraction of sp³-hybridized carbons (Fsp3) is 0.571. The van der Waals surface area contributed by atoms with Crippen LogP contribution in [0.4, 0.5) is 5.69 Å². The summed E-state index contributed by atoms with van der Waals surface area (Å²) in [4.78, 5) is 10.5. The van der Waals surface area contributed by atoms with Crippen LogP contribution in [0.1, 0.15) is 31.2 Å². The molecule has 0 heterocycles. The fourth-order valence-electron chi connectivity index (χ4n) is 2.66. The quantitative estimate of drug-likeness (QED) is 0.637. The monoisotopic (exact) mass is 342 g/mol. The summed E-state index contributed by atoms with van der Waals surface area (Å²) in [5.74, 6) is 0.293. The molecule has 0 aromatic heterocycles. The van der Waals surface area contributed by atoms with Gasteiger partial charge in [0.05, 0.1) is 15.5 Å². The molecule has 1 fully saturated rings. The van der Waals surface area contributed by atoms with E-state index in [1.165, 1.54) is 12.5 Å². The van der Waals surface area contributed by atoms with Gasteiger partial charge in [-0.25, -0.2) is 0 Å². The van der Waals surface area contributed by atoms with Gasteiger partial charge < -0.3 is 10.4 Å². The molecule has 5 nitrogen and oxygen atoms in total. The van der Waals surface area contributed by atoms with E-state index in [0.717, 1.165) is 31.4 Å². The Hall–Kier alpha value is -0.980. The number of nitro benzene ring substituents is 1. The van der Waals surface area contributed by atoms with Crippen molar-refractivity contribution in [1.82, 2.24) is 5.32 Å². The van der Waals surface area contributed by atoms with Gasteiger partial charge in [0.15, 0.2) is 0 Å². The molecule has 0 radical (unpaired) electrons. The van der Waals surface area contributed by atoms with E-state index in [0.29, 0.717) is 16.9 Å². The van der Waals surface area contributed by atoms with Crippen molar-refractivity contribution >= 4 is 21.6 Å². The lowest BCUT2D eigenvalue weighted by atomic mass is 9.86. The zero-order chi connectivity index (χ0) is 14.5. The van der Waals surface area contributed by atoms with Gasteiger partial charge in [-0.2, -0.15) is 0 Å². The third-order valence-electron chi connectivity index (χ3n) is 3.85. The predicted octanol–water partition coefficient (Wildman–Crippen LogP) is 3.00. The molecule has 1 aromatic carbocycles. The summed E-state index contributed by atoms with van der Waals surface area (Å²) < 4.78 is 0.529. The predicted molar refractivity (Wildman–Crippen MR) is 80.5 cm³/mol. The molecule has 1 saturated carbocycles. The van der Waals surface area contributed by atoms with Crippen LogP contribution in [0.3, 0.4) is 0 Å². The molecule has 0 aliphatic heterocycles. The molecule has 0 bridgehead atoms. The van der Waals surface area contributed by atoms with E-state index < -0.39 is 4.92 Å². The Balaban J connectivity index is 1.91. The van der Waals surface area contributed by atoms with Crippen molar-refractivity contribution in [1.29, 1.82) is 0 Å². The van der Waals surface area contributed by atoms with E-state index >= 15 is 0 Å². The van der Waals surface area contributed by atoms with Gasteiger partial charge in [-0.15, -0.1) is 0 Å². The lowest BCUT2D eigenvalue weighted by Crippen LogP contribution is -2.33. The van der Waals surface area contributed by atoms with Crippen LogP contribution >= 0.6 is 15.9 Å². The molecule has 1 aliphatic rings. The van der Waals surface area contributed by atoms with Gasteiger partial charge in [0.1, 0.15) is 0 Å². The van der Waals surface area contributed by atoms with Crippen molar-refractivity contribution < 1.29 is 10.0 Å². The maximum absolute atomic E-state index is 10.9. The molecular weight excluding hydrogens is 324 g/mol. The first-order valence-electron chi connectivity index (χ1n) is 6.90. The Kier molecular flexibility index (Phi) is 5.51. The fourth-order valence-corrected chi connectivity index (χ4v) is 3.21. The lowest BCUT2D eigenvalue weighted by molar-refractivity contribution is -0.385. The van der Waals surface area contributed by atoms with Crippen LogP contribution in [-0.2, 0) is 6.54 Å². The van der Waals surface area contributed by atoms with E-state index in [1.54, 1.807) is 6.07 Å². The number of hydrogen-bond acceptors (Lipinski definition) is 4. The summed E-state index contributed by atoms with van der Waals surface area (Å²) in [5, 5.41) is 24.1. The topological polar surface area (TPSA) is 75.4 Å². The zero-order valence-electron chi connectivity index (χ0n) is 11.2. The Morgan fingerprint density at radius 1 is 1.40 bits per heavy atom. The molecule has 2 unspecified atom stereocenters. The number of nitro groups is 1. The minimum Gasteiger partial charge on any atom is -0.393 e. The molecular formula is C14H19BrN2O3. The molecule has 2 atom stereocenters. The highest BCUT2D eigenvalue weighted by Gasteiger charge is 2.22. The van der Waals surface area contributed by atoms with E-state index in [-0.39, 0.29) is 11.8 Å². The van der Waals surface area contributed by atoms with Gasteiger partial charge >= 0.3 is 0 Å². The maximum atomic E-state index is 10.9. The average Bonchev–Trinajstić information content (AvgIpc) is 2.42. The van der Waals surface area contributed by atoms with Gasteiger partial charge in [0.25, 0.3) is 5.69 Å². The van der Waals surface area contributed by atoms with Crippen LogP contribution in [0.25, 0.3) is 0 Å². The molecule has 0 amide bonds. The average molecular weight is 343 g/mol. The third kappa shape index (κ3) is 3.77. The first kappa shape index (κ1) is 15.4. The molecule has 0 saturated heterocycles. The second-order valence-corrected chi connectivity index (χ2v) is 6.04. The van der Waals surface area contributed by atoms with Gasteiger partial charge in [-0.3, -0.25) is 10.1 Å². The summed E-state index contributed by atoms with van der Waals surface area (Å²) in [6.07, 6.45) is 3.99. The van der Waals surface area contributed by atoms with Crippen molar-refractivity contribution in [2.45, 2.75) is 38.3 Å². The number of nitrogens with one attached hydrogen (secondary N) is 1. The number of nitrogens with zero attached hydrogens (tertiary/aromatic N) is 1. The lowest BCUT2D eigenvalue weighted by Gasteiger charge is -2.27. The van der Waals surface area contributed by atoms with E-state index in [4.69, 9.17) is 0 Å². The number of rotatable bonds is 5. The molecule has 0 spiro atoms. The highest BCUT2D eigenvalue weighted by Crippen LogP contribution is 2.28. The van der Waals surface area contributed by atoms with Gasteiger partial charge in [-0.05, 0) is 40.3 Å². The van der Waals surface area contributed by atoms with Gasteiger partial charge in [-0.1, -0.05) is 25.0 Å². The standard InChI is InChI=1S/C14H19BrN2O3/c15-14-11(5-3-6-12(14)17(19)20)9-16-8-10-4-1-2-7-13(10)18/h3,5-6,10,13,16,18H,1-2,4,7-9H2. The van der Waals surface area contributed by atoms with E-state index in [9.17, 15) is 15.2 Å². The summed E-state index contributed by atoms with van der Waals surface area (Å²) >= 11 is 3.29. The molecule has 1 aliphatic carbocycles. The minimum absolute atomic E-state index is 0.0852. The van der Waals surface area contributed by atoms with Crippen molar-refractivity contribution in [3.63, 3.8) is 0 Å². The van der Waals surface area contributed by atoms with Crippen LogP contribution in [0, 0.1) is 16.0 Å². The molecule has 1 aromatic rings. The summed E-state index contributed by atoms with van der Waals surface area (Å²) in [5.41, 5.74) is 0.950. The summed E-state index contributed by atoms with van der Waals surface area (Å²) in [6, 6.07) is 5.04. The van der Waals surface area contributed by atoms with Crippen LogP contribution < -0.4 is 5.32 Å². The Morgan fingerprint density at radius 2 is 2.15 bits per heavy atom. The largest absolute Gasteiger partial charge is 0.393 e. The van der Waals surface area contributed by atoms with Gasteiger partial charge in [0, 0.05) is 19.2 Å². The van der Waals surface area contributed by atoms with Crippen LogP contribution in [0.5, 0.6) is 0 Å². The summed E-state index contributed by atoms with van der Waals surface area (Å²) in [7, 11) is 0. The van der Waals surface area contributed by atoms with Crippen LogP contribution in [0.2, 0.25) is 0 Å². The van der Waals surface area contributed by atoms with Gasteiger partial charge in [0.2, 0.25) is 0 Å². The first-order valence-corrected chi connectivity index (χ1v) is 7.69. The third-order valence-corrected chi connectivity index (χ3v) is 4.76. The minimum atomic E-state index is -0.390. The SMILES string of the molecule is O=[N+]([O-])c1cccc(CNCC2CCCCC2O)c1Br. The molecule has 2 N–H and O–H groups in total. The summed E-state index contributed by atoms with van der Waals surface area (Å²) in [6.45, 7) is 1.31. The smallest absolute Gasteiger partial charge is 0.283 e. The van der Waals surface area contributed by atoms with Crippen LogP contribution in [-0.4, -0.2) is 22.7 Å². The molecule has 110 valence electrons. The Bertz CT molecular complexity index is 481. The van der Waals surface area contributed by atoms with Crippen molar-refractivity contribution in [2.24, 2.45) is 5.92 Å². The van der Waals surface area contributed by atoms with E-state index in [1.807, 2.05) is 6.07 Å². The first-order chi connectivity index (χ1) is 9.59. The van der Waals surface area contributed by atoms with E-state index in [2.05, 4.69) is 21.2 Å². The maximum Gasteiger partial charge on any atom is 0.283 e. The number of halogens is 1. The zero-order valence-corrected chi connectivity index (χ0v) is 12.8. The molecule has 20 heavy (non-hydrogen) atoms. The van der Waals surface area contributed by atoms with Crippen molar-refractivity contribution in [3.8, 4) is 0 Å². The molecule has 6 heteroatoms. The Labute approximate surface area is 126 Å². The molecule has 2 rings (SSSR count). The highest BCUT2D eigenvalue weighted by atomic mass is 79.9. The highest BCUT2D eigenvalue weighted by molar-refractivity contribution is 9.10. The van der Waals surface area contributed by atoms with Crippen molar-refractivity contribution in [2.75, 3.05) is 6.54 Å². The Morgan fingerprint density at radius 3 is 2.85 bits per heavy atom. The van der Waals surface area contributed by atoms with Crippen molar-refractivity contribution in [3.05, 3.63) is 38.3 Å². The number of aliphatic hydroxyl groups excluding tert-OH is 1.